The zero-order chi connectivity index (χ0) is 7.07. The van der Waals surface area contributed by atoms with Gasteiger partial charge in [-0.25, -0.2) is 0 Å². The molecule has 1 rings (SSSR count). The number of rotatable bonds is 0. The third kappa shape index (κ3) is 0.952. The second kappa shape index (κ2) is 1.25. The molecular formula is C6H11N. The second-order valence-electron chi connectivity index (χ2n) is 2.46. The maximum atomic E-state index is 7.32. The van der Waals surface area contributed by atoms with E-state index in [9.17, 15) is 0 Å². The van der Waals surface area contributed by atoms with Gasteiger partial charge in [0.25, 0.3) is 0 Å². The van der Waals surface area contributed by atoms with Gasteiger partial charge in [-0.3, -0.25) is 0 Å². The first-order valence-corrected chi connectivity index (χ1v) is 2.50. The molecule has 0 spiro atoms. The van der Waals surface area contributed by atoms with Gasteiger partial charge in [-0.05, 0) is 26.4 Å². The van der Waals surface area contributed by atoms with Crippen LogP contribution >= 0.6 is 0 Å². The Hall–Kier alpha value is -0.460. The van der Waals surface area contributed by atoms with Crippen LogP contribution in [0.2, 0.25) is 1.41 Å². The second-order valence-corrected chi connectivity index (χ2v) is 2.46. The summed E-state index contributed by atoms with van der Waals surface area (Å²) in [5.41, 5.74) is -0.156. The topological polar surface area (TPSA) is 12.0 Å². The van der Waals surface area contributed by atoms with Gasteiger partial charge in [0, 0.05) is 5.54 Å². The lowest BCUT2D eigenvalue weighted by Crippen LogP contribution is -2.30. The monoisotopic (exact) mass is 99.1 g/mol. The highest BCUT2D eigenvalue weighted by molar-refractivity contribution is 5.00. The van der Waals surface area contributed by atoms with Crippen LogP contribution in [0.5, 0.6) is 0 Å². The fourth-order valence-electron chi connectivity index (χ4n) is 0.561. The van der Waals surface area contributed by atoms with E-state index < -0.39 is 0 Å². The van der Waals surface area contributed by atoms with Crippen LogP contribution in [0.4, 0.5) is 0 Å². The predicted molar refractivity (Wildman–Crippen MR) is 31.0 cm³/mol. The van der Waals surface area contributed by atoms with Gasteiger partial charge in [-0.2, -0.15) is 0 Å². The molecule has 0 radical (unpaired) electrons. The zero-order valence-electron chi connectivity index (χ0n) is 6.73. The Morgan fingerprint density at radius 3 is 2.86 bits per heavy atom. The Bertz CT molecular complexity index is 151. The van der Waals surface area contributed by atoms with Crippen molar-refractivity contribution in [3.8, 4) is 0 Å². The van der Waals surface area contributed by atoms with Crippen LogP contribution in [0.15, 0.2) is 12.3 Å². The first-order valence-electron chi connectivity index (χ1n) is 3.44. The molecule has 0 aromatic carbocycles. The van der Waals surface area contributed by atoms with E-state index in [1.165, 1.54) is 5.31 Å². The molecule has 0 fully saturated rings. The maximum Gasteiger partial charge on any atom is 0.160 e. The van der Waals surface area contributed by atoms with Crippen LogP contribution in [0.1, 0.15) is 21.6 Å². The molecule has 1 N–H and O–H groups in total. The number of nitrogens with one attached hydrogen (secondary N) is 1. The number of hydrogen-bond donors (Lipinski definition) is 1. The average Bonchev–Trinajstić information content (AvgIpc) is 1.97. The van der Waals surface area contributed by atoms with Gasteiger partial charge in [0.2, 0.25) is 0 Å². The quantitative estimate of drug-likeness (QED) is 0.482. The van der Waals surface area contributed by atoms with E-state index in [2.05, 4.69) is 0 Å². The largest absolute Gasteiger partial charge is 0.386 e. The minimum atomic E-state index is -0.156. The summed E-state index contributed by atoms with van der Waals surface area (Å²) in [6, 6.07) is 0. The van der Waals surface area contributed by atoms with Crippen molar-refractivity contribution in [3.05, 3.63) is 12.3 Å². The standard InChI is InChI=1S/C6H11N/c1-6(2)4-3-5-7-6/h3,5,7H,4H2,1-2H3/i5D/hD. The Labute approximate surface area is 47.3 Å². The summed E-state index contributed by atoms with van der Waals surface area (Å²) >= 11 is 0. The molecular weight excluding hydrogens is 86.1 g/mol. The van der Waals surface area contributed by atoms with E-state index in [0.717, 1.165) is 6.42 Å². The molecule has 1 heterocycles. The third-order valence-electron chi connectivity index (χ3n) is 1.06. The molecule has 0 aromatic heterocycles. The first-order chi connectivity index (χ1) is 4.04. The van der Waals surface area contributed by atoms with Crippen LogP contribution < -0.4 is 5.31 Å². The maximum absolute atomic E-state index is 7.32. The fraction of sp³-hybridized carbons (Fsp3) is 0.667. The van der Waals surface area contributed by atoms with Gasteiger partial charge in [0.1, 0.15) is 0 Å². The average molecular weight is 99.2 g/mol. The van der Waals surface area contributed by atoms with E-state index in [4.69, 9.17) is 2.78 Å². The van der Waals surface area contributed by atoms with Gasteiger partial charge >= 0.3 is 0 Å². The minimum absolute atomic E-state index is 0.156. The molecule has 0 aromatic rings. The van der Waals surface area contributed by atoms with Gasteiger partial charge in [-0.1, -0.05) is 6.08 Å². The Morgan fingerprint density at radius 2 is 2.71 bits per heavy atom. The van der Waals surface area contributed by atoms with Crippen molar-refractivity contribution in [1.82, 2.24) is 5.31 Å². The highest BCUT2D eigenvalue weighted by atomic mass is 14.9. The molecule has 0 amide bonds. The third-order valence-corrected chi connectivity index (χ3v) is 1.06. The van der Waals surface area contributed by atoms with Crippen molar-refractivity contribution in [2.24, 2.45) is 0 Å². The van der Waals surface area contributed by atoms with Crippen molar-refractivity contribution in [1.29, 1.82) is 0 Å². The molecule has 7 heavy (non-hydrogen) atoms. The normalized spacial score (nSPS) is 31.7. The molecule has 0 bridgehead atoms. The summed E-state index contributed by atoms with van der Waals surface area (Å²) in [5, 5.41) is 1.24. The van der Waals surface area contributed by atoms with Crippen LogP contribution in [0.25, 0.3) is 0 Å². The molecule has 0 saturated carbocycles. The lowest BCUT2D eigenvalue weighted by Gasteiger charge is -2.16. The van der Waals surface area contributed by atoms with Crippen LogP contribution in [0, 0.1) is 0 Å². The highest BCUT2D eigenvalue weighted by Crippen LogP contribution is 2.12. The van der Waals surface area contributed by atoms with Gasteiger partial charge in [-0.15, -0.1) is 0 Å². The van der Waals surface area contributed by atoms with Crippen molar-refractivity contribution < 1.29 is 2.78 Å². The SMILES string of the molecule is [2H]C1=CCC(C)(C)N1[2H]. The summed E-state index contributed by atoms with van der Waals surface area (Å²) in [6.07, 6.45) is 2.91. The van der Waals surface area contributed by atoms with E-state index in [1.807, 2.05) is 13.8 Å². The molecule has 0 unspecified atom stereocenters. The Balaban J connectivity index is 2.73. The van der Waals surface area contributed by atoms with E-state index >= 15 is 0 Å². The van der Waals surface area contributed by atoms with Crippen molar-refractivity contribution in [2.45, 2.75) is 25.8 Å². The molecule has 0 saturated heterocycles. The van der Waals surface area contributed by atoms with Crippen LogP contribution in [0.3, 0.4) is 0 Å². The first kappa shape index (κ1) is 2.75. The molecule has 0 aliphatic carbocycles. The summed E-state index contributed by atoms with van der Waals surface area (Å²) in [4.78, 5) is 0. The Kier molecular flexibility index (Phi) is 0.493. The predicted octanol–water partition coefficient (Wildman–Crippen LogP) is 1.27. The molecule has 1 nitrogen and oxygen atoms in total. The summed E-state index contributed by atoms with van der Waals surface area (Å²) in [6.45, 7) is 3.91. The van der Waals surface area contributed by atoms with E-state index in [-0.39, 0.29) is 5.54 Å². The van der Waals surface area contributed by atoms with Crippen LogP contribution in [-0.4, -0.2) is 5.54 Å². The van der Waals surface area contributed by atoms with Gasteiger partial charge in [0.15, 0.2) is 1.41 Å². The van der Waals surface area contributed by atoms with Crippen molar-refractivity contribution >= 4 is 0 Å². The Morgan fingerprint density at radius 1 is 2.00 bits per heavy atom. The summed E-state index contributed by atoms with van der Waals surface area (Å²) in [5.74, 6) is 0. The lowest BCUT2D eigenvalue weighted by atomic mass is 10.1. The van der Waals surface area contributed by atoms with Crippen molar-refractivity contribution in [2.75, 3.05) is 0 Å². The highest BCUT2D eigenvalue weighted by Gasteiger charge is 2.15. The smallest absolute Gasteiger partial charge is 0.160 e. The van der Waals surface area contributed by atoms with E-state index in [0.29, 0.717) is 6.18 Å². The molecule has 1 aliphatic heterocycles. The summed E-state index contributed by atoms with van der Waals surface area (Å²) in [7, 11) is 0. The van der Waals surface area contributed by atoms with Crippen LogP contribution in [-0.2, 0) is 0 Å². The van der Waals surface area contributed by atoms with Crippen molar-refractivity contribution in [3.63, 3.8) is 0 Å². The van der Waals surface area contributed by atoms with Gasteiger partial charge < -0.3 is 5.31 Å². The molecule has 1 aliphatic rings. The molecule has 1 heteroatoms. The molecule has 0 atom stereocenters. The zero-order valence-corrected chi connectivity index (χ0v) is 4.73. The fourth-order valence-corrected chi connectivity index (χ4v) is 0.561. The molecule has 40 valence electrons. The van der Waals surface area contributed by atoms with Gasteiger partial charge in [0.05, 0.1) is 1.37 Å². The summed E-state index contributed by atoms with van der Waals surface area (Å²) < 4.78 is 14.5. The minimum Gasteiger partial charge on any atom is -0.386 e. The number of hydrogen-bond acceptors (Lipinski definition) is 1. The lowest BCUT2D eigenvalue weighted by molar-refractivity contribution is 0.477. The van der Waals surface area contributed by atoms with E-state index in [1.54, 1.807) is 6.08 Å².